The second kappa shape index (κ2) is 3.67. The standard InChI is InChI=1S/C9H10BrNO3/c10-7-8(12)5(4-11)3-6-9(7)14-2-1-13-6/h3,12H,1-2,4,11H2. The molecule has 1 aliphatic rings. The van der Waals surface area contributed by atoms with Gasteiger partial charge in [0.15, 0.2) is 11.5 Å². The van der Waals surface area contributed by atoms with Crippen LogP contribution in [0.4, 0.5) is 0 Å². The first-order valence-corrected chi connectivity index (χ1v) is 5.03. The van der Waals surface area contributed by atoms with Gasteiger partial charge in [-0.05, 0) is 22.0 Å². The molecule has 1 aliphatic heterocycles. The Labute approximate surface area is 89.7 Å². The summed E-state index contributed by atoms with van der Waals surface area (Å²) in [6.07, 6.45) is 0. The van der Waals surface area contributed by atoms with Crippen LogP contribution in [0.25, 0.3) is 0 Å². The number of phenolic OH excluding ortho intramolecular Hbond substituents is 1. The van der Waals surface area contributed by atoms with Crippen molar-refractivity contribution in [2.24, 2.45) is 5.73 Å². The third kappa shape index (κ3) is 1.42. The van der Waals surface area contributed by atoms with Crippen LogP contribution >= 0.6 is 15.9 Å². The Morgan fingerprint density at radius 3 is 2.86 bits per heavy atom. The average Bonchev–Trinajstić information content (AvgIpc) is 2.23. The Kier molecular flexibility index (Phi) is 2.52. The molecule has 3 N–H and O–H groups in total. The molecule has 0 radical (unpaired) electrons. The maximum absolute atomic E-state index is 9.69. The first-order chi connectivity index (χ1) is 6.74. The van der Waals surface area contributed by atoms with Gasteiger partial charge in [0.1, 0.15) is 23.4 Å². The van der Waals surface area contributed by atoms with E-state index in [1.54, 1.807) is 6.07 Å². The van der Waals surface area contributed by atoms with Crippen molar-refractivity contribution in [2.75, 3.05) is 13.2 Å². The van der Waals surface area contributed by atoms with Crippen molar-refractivity contribution in [1.29, 1.82) is 0 Å². The lowest BCUT2D eigenvalue weighted by Crippen LogP contribution is -2.16. The van der Waals surface area contributed by atoms with E-state index in [0.29, 0.717) is 34.7 Å². The Bertz CT molecular complexity index is 368. The quantitative estimate of drug-likeness (QED) is 0.800. The topological polar surface area (TPSA) is 64.7 Å². The predicted molar refractivity (Wildman–Crippen MR) is 54.7 cm³/mol. The summed E-state index contributed by atoms with van der Waals surface area (Å²) in [4.78, 5) is 0. The van der Waals surface area contributed by atoms with Gasteiger partial charge in [-0.2, -0.15) is 0 Å². The van der Waals surface area contributed by atoms with Crippen molar-refractivity contribution in [1.82, 2.24) is 0 Å². The maximum atomic E-state index is 9.69. The van der Waals surface area contributed by atoms with Gasteiger partial charge in [-0.3, -0.25) is 0 Å². The zero-order valence-electron chi connectivity index (χ0n) is 7.42. The molecule has 1 heterocycles. The summed E-state index contributed by atoms with van der Waals surface area (Å²) >= 11 is 3.25. The number of ether oxygens (including phenoxy) is 2. The first-order valence-electron chi connectivity index (χ1n) is 4.24. The van der Waals surface area contributed by atoms with Crippen LogP contribution < -0.4 is 15.2 Å². The van der Waals surface area contributed by atoms with Crippen LogP contribution in [0.5, 0.6) is 17.2 Å². The number of hydrogen-bond acceptors (Lipinski definition) is 4. The third-order valence-corrected chi connectivity index (χ3v) is 2.78. The van der Waals surface area contributed by atoms with E-state index >= 15 is 0 Å². The van der Waals surface area contributed by atoms with Crippen molar-refractivity contribution >= 4 is 15.9 Å². The fourth-order valence-electron chi connectivity index (χ4n) is 1.34. The van der Waals surface area contributed by atoms with E-state index in [0.717, 1.165) is 0 Å². The molecular formula is C9H10BrNO3. The maximum Gasteiger partial charge on any atom is 0.179 e. The largest absolute Gasteiger partial charge is 0.506 e. The van der Waals surface area contributed by atoms with Gasteiger partial charge in [0, 0.05) is 12.1 Å². The molecule has 14 heavy (non-hydrogen) atoms. The summed E-state index contributed by atoms with van der Waals surface area (Å²) in [6.45, 7) is 1.28. The Balaban J connectivity index is 2.57. The number of benzene rings is 1. The van der Waals surface area contributed by atoms with Crippen molar-refractivity contribution in [2.45, 2.75) is 6.54 Å². The minimum Gasteiger partial charge on any atom is -0.506 e. The zero-order chi connectivity index (χ0) is 10.1. The smallest absolute Gasteiger partial charge is 0.179 e. The summed E-state index contributed by atoms with van der Waals surface area (Å²) < 4.78 is 11.3. The van der Waals surface area contributed by atoms with Crippen LogP contribution in [0.1, 0.15) is 5.56 Å². The lowest BCUT2D eigenvalue weighted by atomic mass is 10.1. The number of phenols is 1. The lowest BCUT2D eigenvalue weighted by molar-refractivity contribution is 0.169. The predicted octanol–water partition coefficient (Wildman–Crippen LogP) is 1.38. The molecule has 0 unspecified atom stereocenters. The summed E-state index contributed by atoms with van der Waals surface area (Å²) in [5.74, 6) is 1.30. The van der Waals surface area contributed by atoms with E-state index < -0.39 is 0 Å². The van der Waals surface area contributed by atoms with Crippen LogP contribution in [0.15, 0.2) is 10.5 Å². The molecule has 5 heteroatoms. The van der Waals surface area contributed by atoms with Crippen molar-refractivity contribution in [3.05, 3.63) is 16.1 Å². The fraction of sp³-hybridized carbons (Fsp3) is 0.333. The third-order valence-electron chi connectivity index (χ3n) is 2.05. The van der Waals surface area contributed by atoms with Gasteiger partial charge in [-0.1, -0.05) is 0 Å². The van der Waals surface area contributed by atoms with Crippen LogP contribution in [-0.4, -0.2) is 18.3 Å². The van der Waals surface area contributed by atoms with Crippen LogP contribution in [0, 0.1) is 0 Å². The number of fused-ring (bicyclic) bond motifs is 1. The summed E-state index contributed by atoms with van der Waals surface area (Å²) in [5, 5.41) is 9.69. The van der Waals surface area contributed by atoms with E-state index in [1.807, 2.05) is 0 Å². The number of nitrogens with two attached hydrogens (primary N) is 1. The Hall–Kier alpha value is -0.940. The van der Waals surface area contributed by atoms with Crippen LogP contribution in [0.2, 0.25) is 0 Å². The normalized spacial score (nSPS) is 14.1. The van der Waals surface area contributed by atoms with E-state index in [1.165, 1.54) is 0 Å². The molecular weight excluding hydrogens is 250 g/mol. The lowest BCUT2D eigenvalue weighted by Gasteiger charge is -2.21. The summed E-state index contributed by atoms with van der Waals surface area (Å²) in [5.41, 5.74) is 6.12. The molecule has 0 aliphatic carbocycles. The van der Waals surface area contributed by atoms with E-state index in [-0.39, 0.29) is 12.3 Å². The molecule has 0 spiro atoms. The van der Waals surface area contributed by atoms with Crippen LogP contribution in [0.3, 0.4) is 0 Å². The molecule has 1 aromatic rings. The van der Waals surface area contributed by atoms with Gasteiger partial charge in [0.25, 0.3) is 0 Å². The highest BCUT2D eigenvalue weighted by molar-refractivity contribution is 9.10. The molecule has 0 saturated carbocycles. The molecule has 2 rings (SSSR count). The first kappa shape index (κ1) is 9.61. The number of aromatic hydroxyl groups is 1. The van der Waals surface area contributed by atoms with Crippen molar-refractivity contribution in [3.8, 4) is 17.2 Å². The number of hydrogen-bond donors (Lipinski definition) is 2. The summed E-state index contributed by atoms with van der Waals surface area (Å²) in [7, 11) is 0. The van der Waals surface area contributed by atoms with Crippen molar-refractivity contribution in [3.63, 3.8) is 0 Å². The molecule has 0 fully saturated rings. The Morgan fingerprint density at radius 2 is 2.14 bits per heavy atom. The second-order valence-corrected chi connectivity index (χ2v) is 3.72. The molecule has 0 saturated heterocycles. The van der Waals surface area contributed by atoms with E-state index in [4.69, 9.17) is 15.2 Å². The van der Waals surface area contributed by atoms with Gasteiger partial charge < -0.3 is 20.3 Å². The molecule has 0 bridgehead atoms. The zero-order valence-corrected chi connectivity index (χ0v) is 9.00. The molecule has 4 nitrogen and oxygen atoms in total. The van der Waals surface area contributed by atoms with Gasteiger partial charge in [0.2, 0.25) is 0 Å². The monoisotopic (exact) mass is 259 g/mol. The summed E-state index contributed by atoms with van der Waals surface area (Å²) in [6, 6.07) is 1.70. The molecule has 0 aromatic heterocycles. The number of halogens is 1. The van der Waals surface area contributed by atoms with E-state index in [9.17, 15) is 5.11 Å². The Morgan fingerprint density at radius 1 is 1.43 bits per heavy atom. The van der Waals surface area contributed by atoms with E-state index in [2.05, 4.69) is 15.9 Å². The van der Waals surface area contributed by atoms with Gasteiger partial charge in [0.05, 0.1) is 0 Å². The minimum atomic E-state index is 0.122. The molecule has 76 valence electrons. The van der Waals surface area contributed by atoms with Crippen LogP contribution in [-0.2, 0) is 6.54 Å². The second-order valence-electron chi connectivity index (χ2n) is 2.93. The highest BCUT2D eigenvalue weighted by Crippen LogP contribution is 2.44. The minimum absolute atomic E-state index is 0.122. The highest BCUT2D eigenvalue weighted by Gasteiger charge is 2.20. The highest BCUT2D eigenvalue weighted by atomic mass is 79.9. The van der Waals surface area contributed by atoms with Crippen molar-refractivity contribution < 1.29 is 14.6 Å². The average molecular weight is 260 g/mol. The van der Waals surface area contributed by atoms with Gasteiger partial charge >= 0.3 is 0 Å². The van der Waals surface area contributed by atoms with Gasteiger partial charge in [-0.25, -0.2) is 0 Å². The SMILES string of the molecule is NCc1cc2c(c(Br)c1O)OCCO2. The molecule has 1 aromatic carbocycles. The molecule has 0 atom stereocenters. The number of rotatable bonds is 1. The molecule has 0 amide bonds. The fourth-order valence-corrected chi connectivity index (χ4v) is 1.91. The van der Waals surface area contributed by atoms with Gasteiger partial charge in [-0.15, -0.1) is 0 Å².